The second kappa shape index (κ2) is 7.21. The molecule has 0 fully saturated rings. The fraction of sp³-hybridized carbons (Fsp3) is 0.222. The van der Waals surface area contributed by atoms with E-state index in [9.17, 15) is 18.4 Å². The van der Waals surface area contributed by atoms with Crippen molar-refractivity contribution in [2.45, 2.75) is 20.8 Å². The molecule has 0 atom stereocenters. The minimum Gasteiger partial charge on any atom is -0.452 e. The number of amides is 1. The van der Waals surface area contributed by atoms with Crippen LogP contribution in [0, 0.1) is 32.4 Å². The Bertz CT molecular complexity index is 760. The summed E-state index contributed by atoms with van der Waals surface area (Å²) in [6.45, 7) is 5.11. The van der Waals surface area contributed by atoms with E-state index in [-0.39, 0.29) is 5.56 Å². The number of anilines is 1. The van der Waals surface area contributed by atoms with Crippen LogP contribution in [-0.2, 0) is 9.53 Å². The lowest BCUT2D eigenvalue weighted by atomic mass is 10.1. The van der Waals surface area contributed by atoms with Crippen molar-refractivity contribution in [2.24, 2.45) is 0 Å². The molecule has 1 amide bonds. The Hall–Kier alpha value is -2.76. The average molecular weight is 333 g/mol. The normalized spacial score (nSPS) is 10.4. The Balaban J connectivity index is 2.00. The second-order valence-electron chi connectivity index (χ2n) is 5.56. The molecule has 126 valence electrons. The SMILES string of the molecule is Cc1cc(C)c(NC(=O)COC(=O)c2cc(F)cc(F)c2)c(C)c1. The number of nitrogens with one attached hydrogen (secondary N) is 1. The fourth-order valence-electron chi connectivity index (χ4n) is 2.44. The van der Waals surface area contributed by atoms with Crippen molar-refractivity contribution in [2.75, 3.05) is 11.9 Å². The Morgan fingerprint density at radius 3 is 2.04 bits per heavy atom. The first kappa shape index (κ1) is 17.6. The van der Waals surface area contributed by atoms with E-state index in [2.05, 4.69) is 5.32 Å². The number of aryl methyl sites for hydroxylation is 3. The third-order valence-corrected chi connectivity index (χ3v) is 3.37. The monoisotopic (exact) mass is 333 g/mol. The highest BCUT2D eigenvalue weighted by Crippen LogP contribution is 2.21. The maximum absolute atomic E-state index is 13.1. The first-order valence-electron chi connectivity index (χ1n) is 7.27. The van der Waals surface area contributed by atoms with Crippen LogP contribution in [0.5, 0.6) is 0 Å². The Labute approximate surface area is 138 Å². The predicted molar refractivity (Wildman–Crippen MR) is 85.9 cm³/mol. The highest BCUT2D eigenvalue weighted by molar-refractivity contribution is 5.96. The lowest BCUT2D eigenvalue weighted by Crippen LogP contribution is -2.22. The largest absolute Gasteiger partial charge is 0.452 e. The molecule has 0 radical (unpaired) electrons. The number of hydrogen-bond acceptors (Lipinski definition) is 3. The molecule has 0 bridgehead atoms. The molecule has 0 aliphatic heterocycles. The standard InChI is InChI=1S/C18H17F2NO3/c1-10-4-11(2)17(12(3)5-10)21-16(22)9-24-18(23)13-6-14(19)8-15(20)7-13/h4-8H,9H2,1-3H3,(H,21,22). The number of benzene rings is 2. The molecule has 4 nitrogen and oxygen atoms in total. The predicted octanol–water partition coefficient (Wildman–Crippen LogP) is 3.69. The van der Waals surface area contributed by atoms with Gasteiger partial charge in [-0.2, -0.15) is 0 Å². The molecule has 2 aromatic rings. The Morgan fingerprint density at radius 1 is 0.958 bits per heavy atom. The molecule has 0 aliphatic carbocycles. The van der Waals surface area contributed by atoms with Crippen LogP contribution in [0.1, 0.15) is 27.0 Å². The van der Waals surface area contributed by atoms with Crippen LogP contribution in [0.3, 0.4) is 0 Å². The van der Waals surface area contributed by atoms with Crippen molar-refractivity contribution >= 4 is 17.6 Å². The van der Waals surface area contributed by atoms with Gasteiger partial charge in [-0.1, -0.05) is 17.7 Å². The van der Waals surface area contributed by atoms with Crippen LogP contribution in [0.15, 0.2) is 30.3 Å². The van der Waals surface area contributed by atoms with Crippen LogP contribution < -0.4 is 5.32 Å². The molecule has 6 heteroatoms. The summed E-state index contributed by atoms with van der Waals surface area (Å²) in [6.07, 6.45) is 0. The zero-order chi connectivity index (χ0) is 17.9. The molecule has 0 heterocycles. The van der Waals surface area contributed by atoms with Gasteiger partial charge in [0.1, 0.15) is 11.6 Å². The van der Waals surface area contributed by atoms with Gasteiger partial charge in [0, 0.05) is 11.8 Å². The summed E-state index contributed by atoms with van der Waals surface area (Å²) in [5.41, 5.74) is 3.21. The number of hydrogen-bond donors (Lipinski definition) is 1. The van der Waals surface area contributed by atoms with Crippen LogP contribution in [0.2, 0.25) is 0 Å². The zero-order valence-corrected chi connectivity index (χ0v) is 13.6. The summed E-state index contributed by atoms with van der Waals surface area (Å²) >= 11 is 0. The van der Waals surface area contributed by atoms with Gasteiger partial charge in [0.2, 0.25) is 0 Å². The van der Waals surface area contributed by atoms with E-state index in [0.29, 0.717) is 11.8 Å². The first-order chi connectivity index (χ1) is 11.3. The van der Waals surface area contributed by atoms with E-state index in [1.165, 1.54) is 0 Å². The second-order valence-corrected chi connectivity index (χ2v) is 5.56. The highest BCUT2D eigenvalue weighted by atomic mass is 19.1. The smallest absolute Gasteiger partial charge is 0.338 e. The van der Waals surface area contributed by atoms with Crippen molar-refractivity contribution < 1.29 is 23.1 Å². The molecule has 0 spiro atoms. The minimum atomic E-state index is -0.971. The third-order valence-electron chi connectivity index (χ3n) is 3.37. The summed E-state index contributed by atoms with van der Waals surface area (Å²) < 4.78 is 30.9. The summed E-state index contributed by atoms with van der Waals surface area (Å²) in [7, 11) is 0. The van der Waals surface area contributed by atoms with Crippen LogP contribution in [0.4, 0.5) is 14.5 Å². The molecule has 0 aliphatic rings. The van der Waals surface area contributed by atoms with Gasteiger partial charge in [-0.25, -0.2) is 13.6 Å². The number of ether oxygens (including phenoxy) is 1. The molecular formula is C18H17F2NO3. The van der Waals surface area contributed by atoms with Gasteiger partial charge in [0.05, 0.1) is 5.56 Å². The van der Waals surface area contributed by atoms with Crippen LogP contribution >= 0.6 is 0 Å². The maximum Gasteiger partial charge on any atom is 0.338 e. The average Bonchev–Trinajstić information content (AvgIpc) is 2.47. The third kappa shape index (κ3) is 4.38. The molecule has 2 aromatic carbocycles. The zero-order valence-electron chi connectivity index (χ0n) is 13.6. The van der Waals surface area contributed by atoms with Crippen molar-refractivity contribution in [3.05, 3.63) is 64.2 Å². The van der Waals surface area contributed by atoms with Crippen molar-refractivity contribution in [1.82, 2.24) is 0 Å². The van der Waals surface area contributed by atoms with Gasteiger partial charge < -0.3 is 10.1 Å². The number of carbonyl (C=O) groups excluding carboxylic acids is 2. The van der Waals surface area contributed by atoms with Crippen LogP contribution in [0.25, 0.3) is 0 Å². The number of esters is 1. The topological polar surface area (TPSA) is 55.4 Å². The summed E-state index contributed by atoms with van der Waals surface area (Å²) in [5.74, 6) is -3.29. The minimum absolute atomic E-state index is 0.289. The van der Waals surface area contributed by atoms with Gasteiger partial charge in [-0.05, 0) is 44.0 Å². The first-order valence-corrected chi connectivity index (χ1v) is 7.27. The van der Waals surface area contributed by atoms with Gasteiger partial charge >= 0.3 is 5.97 Å². The van der Waals surface area contributed by atoms with E-state index >= 15 is 0 Å². The molecule has 0 unspecified atom stereocenters. The van der Waals surface area contributed by atoms with Crippen molar-refractivity contribution in [3.8, 4) is 0 Å². The number of carbonyl (C=O) groups is 2. The molecule has 2 rings (SSSR count). The molecule has 24 heavy (non-hydrogen) atoms. The summed E-state index contributed by atoms with van der Waals surface area (Å²) in [5, 5.41) is 2.67. The molecule has 0 aromatic heterocycles. The van der Waals surface area contributed by atoms with Crippen molar-refractivity contribution in [1.29, 1.82) is 0 Å². The van der Waals surface area contributed by atoms with Gasteiger partial charge in [0.25, 0.3) is 5.91 Å². The van der Waals surface area contributed by atoms with E-state index < -0.39 is 30.1 Å². The summed E-state index contributed by atoms with van der Waals surface area (Å²) in [4.78, 5) is 23.7. The van der Waals surface area contributed by atoms with E-state index in [4.69, 9.17) is 4.74 Å². The lowest BCUT2D eigenvalue weighted by Gasteiger charge is -2.13. The van der Waals surface area contributed by atoms with Gasteiger partial charge in [0.15, 0.2) is 6.61 Å². The Morgan fingerprint density at radius 2 is 1.50 bits per heavy atom. The molecule has 0 saturated heterocycles. The van der Waals surface area contributed by atoms with E-state index in [1.54, 1.807) is 0 Å². The quantitative estimate of drug-likeness (QED) is 0.868. The van der Waals surface area contributed by atoms with Crippen LogP contribution in [-0.4, -0.2) is 18.5 Å². The maximum atomic E-state index is 13.1. The highest BCUT2D eigenvalue weighted by Gasteiger charge is 2.14. The lowest BCUT2D eigenvalue weighted by molar-refractivity contribution is -0.119. The number of halogens is 2. The fourth-order valence-corrected chi connectivity index (χ4v) is 2.44. The molecule has 0 saturated carbocycles. The molecular weight excluding hydrogens is 316 g/mol. The van der Waals surface area contributed by atoms with E-state index in [1.807, 2.05) is 32.9 Å². The number of rotatable bonds is 4. The van der Waals surface area contributed by atoms with E-state index in [0.717, 1.165) is 28.8 Å². The summed E-state index contributed by atoms with van der Waals surface area (Å²) in [6, 6.07) is 6.18. The van der Waals surface area contributed by atoms with Gasteiger partial charge in [-0.15, -0.1) is 0 Å². The van der Waals surface area contributed by atoms with Gasteiger partial charge in [-0.3, -0.25) is 4.79 Å². The Kier molecular flexibility index (Phi) is 5.28. The molecule has 1 N–H and O–H groups in total. The van der Waals surface area contributed by atoms with Crippen molar-refractivity contribution in [3.63, 3.8) is 0 Å².